The zero-order chi connectivity index (χ0) is 84.0. The van der Waals surface area contributed by atoms with Crippen LogP contribution in [0.25, 0.3) is 130 Å². The van der Waals surface area contributed by atoms with Crippen molar-refractivity contribution in [1.82, 2.24) is 90.5 Å². The van der Waals surface area contributed by atoms with Gasteiger partial charge >= 0.3 is 0 Å². The van der Waals surface area contributed by atoms with Crippen LogP contribution in [0.1, 0.15) is 0 Å². The first-order valence-electron chi connectivity index (χ1n) is 39.0. The lowest BCUT2D eigenvalue weighted by Gasteiger charge is -2.26. The van der Waals surface area contributed by atoms with E-state index in [1.54, 1.807) is 46.9 Å². The molecule has 620 valence electrons. The minimum atomic E-state index is -0.676. The van der Waals surface area contributed by atoms with Crippen molar-refractivity contribution in [2.75, 3.05) is 100 Å². The third-order valence-electron chi connectivity index (χ3n) is 20.8. The highest BCUT2D eigenvalue weighted by Crippen LogP contribution is 2.45. The van der Waals surface area contributed by atoms with Crippen molar-refractivity contribution < 1.29 is 36.5 Å². The second kappa shape index (κ2) is 36.4. The average Bonchev–Trinajstić information content (AvgIpc) is 1.32. The number of ether oxygens (including phenoxy) is 4. The van der Waals surface area contributed by atoms with Gasteiger partial charge in [0.1, 0.15) is 102 Å². The molecule has 0 aliphatic carbocycles. The first-order valence-corrected chi connectivity index (χ1v) is 43.3. The molecule has 0 saturated carbocycles. The fraction of sp³-hybridized carbons (Fsp3) is 0.136. The first kappa shape index (κ1) is 80.5. The number of morpholine rings is 2. The van der Waals surface area contributed by atoms with Crippen molar-refractivity contribution in [2.24, 2.45) is 0 Å². The number of fused-ring (bicyclic) bond motifs is 12. The second-order valence-corrected chi connectivity index (χ2v) is 32.7. The van der Waals surface area contributed by atoms with Crippen molar-refractivity contribution in [3.63, 3.8) is 0 Å². The lowest BCUT2D eigenvalue weighted by atomic mass is 10.1. The predicted molar refractivity (Wildman–Crippen MR) is 484 cm³/mol. The van der Waals surface area contributed by atoms with Gasteiger partial charge in [-0.1, -0.05) is 83.9 Å². The second-order valence-electron chi connectivity index (χ2n) is 28.2. The molecule has 8 aromatic carbocycles. The molecule has 0 spiro atoms. The molecule has 20 aromatic rings. The Morgan fingerprint density at radius 1 is 0.355 bits per heavy atom. The largest absolute Gasteiger partial charge is 0.492 e. The number of pyridine rings is 4. The number of hydrogen-bond acceptors (Lipinski definition) is 26. The number of rotatable bonds is 20. The molecular formula is C88H68Cl2F4N22O4S4. The smallest absolute Gasteiger partial charge is 0.157 e. The zero-order valence-electron chi connectivity index (χ0n) is 65.1. The Hall–Kier alpha value is -13.3. The van der Waals surface area contributed by atoms with Crippen LogP contribution in [-0.2, 0) is 9.47 Å². The summed E-state index contributed by atoms with van der Waals surface area (Å²) < 4.78 is 83.9. The molecule has 26 nitrogen and oxygen atoms in total. The maximum Gasteiger partial charge on any atom is 0.157 e. The Morgan fingerprint density at radius 3 is 1.07 bits per heavy atom. The number of H-pyrrole nitrogens is 4. The summed E-state index contributed by atoms with van der Waals surface area (Å²) in [6.07, 6.45) is 5.85. The molecule has 2 fully saturated rings. The summed E-state index contributed by atoms with van der Waals surface area (Å²) in [5.74, 6) is 3.97. The third kappa shape index (κ3) is 17.0. The maximum atomic E-state index is 14.8. The molecule has 0 radical (unpaired) electrons. The molecule has 14 heterocycles. The van der Waals surface area contributed by atoms with Crippen molar-refractivity contribution >= 4 is 199 Å². The lowest BCUT2D eigenvalue weighted by molar-refractivity contribution is 0.0322. The van der Waals surface area contributed by atoms with E-state index in [4.69, 9.17) is 57.1 Å². The van der Waals surface area contributed by atoms with E-state index in [0.29, 0.717) is 81.0 Å². The highest BCUT2D eigenvalue weighted by Gasteiger charge is 2.24. The number of aromatic nitrogens is 16. The van der Waals surface area contributed by atoms with Gasteiger partial charge in [0.25, 0.3) is 0 Å². The normalized spacial score (nSPS) is 13.1. The van der Waals surface area contributed by atoms with E-state index >= 15 is 0 Å². The molecule has 2 saturated heterocycles. The van der Waals surface area contributed by atoms with Crippen molar-refractivity contribution in [3.05, 3.63) is 250 Å². The van der Waals surface area contributed by atoms with E-state index in [1.807, 2.05) is 113 Å². The van der Waals surface area contributed by atoms with Gasteiger partial charge in [-0.3, -0.25) is 30.2 Å². The number of thiophene rings is 4. The van der Waals surface area contributed by atoms with Crippen molar-refractivity contribution in [3.8, 4) is 57.1 Å². The Morgan fingerprint density at radius 2 is 0.694 bits per heavy atom. The molecule has 8 N–H and O–H groups in total. The minimum Gasteiger partial charge on any atom is -0.492 e. The number of aromatic amines is 4. The number of nitrogens with one attached hydrogen (secondary N) is 8. The number of benzene rings is 8. The van der Waals surface area contributed by atoms with Gasteiger partial charge in [0.05, 0.1) is 94.4 Å². The van der Waals surface area contributed by atoms with Crippen LogP contribution in [0.3, 0.4) is 0 Å². The molecular weight excluding hydrogens is 1700 g/mol. The lowest BCUT2D eigenvalue weighted by Crippen LogP contribution is -2.38. The monoisotopic (exact) mass is 1770 g/mol. The third-order valence-corrected chi connectivity index (χ3v) is 25.1. The minimum absolute atomic E-state index is 0.206. The van der Waals surface area contributed by atoms with Gasteiger partial charge in [-0.15, -0.1) is 45.3 Å². The van der Waals surface area contributed by atoms with E-state index in [9.17, 15) is 17.6 Å². The van der Waals surface area contributed by atoms with Crippen LogP contribution >= 0.6 is 68.5 Å². The van der Waals surface area contributed by atoms with Gasteiger partial charge in [0, 0.05) is 117 Å². The van der Waals surface area contributed by atoms with Crippen LogP contribution in [0.2, 0.25) is 10.0 Å². The molecule has 36 heteroatoms. The van der Waals surface area contributed by atoms with E-state index in [0.717, 1.165) is 184 Å². The molecule has 22 rings (SSSR count). The molecule has 2 aliphatic rings. The summed E-state index contributed by atoms with van der Waals surface area (Å²) >= 11 is 19.0. The standard InChI is InChI=1S/C25H23ClN6O2S.C25H23FN6O2S.C19H11ClFN5S.C19H11F2N5S/c2*26-20-5-4-16(34-12-9-32-7-10-33-11-8-32)14-21(20)29-25-23-18(6-13-35-23)17-2-1-3-19(22(17)30-25)24-27-15-28-31-24;2*20-13-5-2-6-14(21)16(13)25-19-17-11(7-8-27-17)10-3-1-4-12(15(10)24-19)18-22-9-23-26-18/h2*1-6,13-15H,7-12H2,(H,29,30)(H,27,28,31);2*1-9H,(H,24,25)(H,22,23,26). The van der Waals surface area contributed by atoms with Crippen LogP contribution < -0.4 is 30.7 Å². The first-order chi connectivity index (χ1) is 61.0. The summed E-state index contributed by atoms with van der Waals surface area (Å²) in [6, 6.07) is 50.6. The van der Waals surface area contributed by atoms with Gasteiger partial charge in [0.2, 0.25) is 0 Å². The van der Waals surface area contributed by atoms with Gasteiger partial charge in [-0.25, -0.2) is 57.4 Å². The summed E-state index contributed by atoms with van der Waals surface area (Å²) in [7, 11) is 0. The summed E-state index contributed by atoms with van der Waals surface area (Å²) in [6.45, 7) is 9.54. The Kier molecular flexibility index (Phi) is 23.6. The SMILES string of the molecule is Clc1ccc(OCCN2CCOCC2)cc1Nc1nc2c(-c3ncn[nH]3)cccc2c2ccsc12.Fc1ccc(OCCN2CCOCC2)cc1Nc1nc2c(-c3ncn[nH]3)cccc2c2ccsc12.Fc1cccc(Cl)c1Nc1nc2c(-c3ncn[nH]3)cccc2c2ccsc12.Fc1cccc(F)c1Nc1nc2c(-c3ncn[nH]3)cccc2c2ccsc12. The fourth-order valence-electron chi connectivity index (χ4n) is 14.8. The fourth-order valence-corrected chi connectivity index (χ4v) is 18.6. The Balaban J connectivity index is 0.000000109. The summed E-state index contributed by atoms with van der Waals surface area (Å²) in [5, 5.41) is 57.0. The average molecular weight is 1770 g/mol. The van der Waals surface area contributed by atoms with Crippen LogP contribution in [-0.4, -0.2) is 169 Å². The number of hydrogen-bond donors (Lipinski definition) is 8. The van der Waals surface area contributed by atoms with E-state index in [1.165, 1.54) is 78.3 Å². The highest BCUT2D eigenvalue weighted by molar-refractivity contribution is 7.19. The summed E-state index contributed by atoms with van der Waals surface area (Å²) in [4.78, 5) is 41.1. The van der Waals surface area contributed by atoms with E-state index in [-0.39, 0.29) is 17.2 Å². The topological polar surface area (TPSA) is 309 Å². The van der Waals surface area contributed by atoms with Crippen LogP contribution in [0.5, 0.6) is 11.5 Å². The number of halogens is 6. The quantitative estimate of drug-likeness (QED) is 0.0329. The Bertz CT molecular complexity index is 6740. The van der Waals surface area contributed by atoms with Crippen LogP contribution in [0.4, 0.5) is 63.6 Å². The molecule has 0 amide bonds. The molecule has 0 bridgehead atoms. The number of nitrogens with zero attached hydrogens (tertiary/aromatic N) is 14. The van der Waals surface area contributed by atoms with Crippen LogP contribution in [0.15, 0.2) is 217 Å². The predicted octanol–water partition coefficient (Wildman–Crippen LogP) is 21.2. The van der Waals surface area contributed by atoms with Gasteiger partial charge in [-0.05, 0) is 119 Å². The molecule has 2 aliphatic heterocycles. The molecule has 0 atom stereocenters. The molecule has 124 heavy (non-hydrogen) atoms. The molecule has 0 unspecified atom stereocenters. The van der Waals surface area contributed by atoms with Crippen LogP contribution in [0, 0.1) is 23.3 Å². The van der Waals surface area contributed by atoms with Crippen molar-refractivity contribution in [2.45, 2.75) is 0 Å². The van der Waals surface area contributed by atoms with E-state index < -0.39 is 17.5 Å². The zero-order valence-corrected chi connectivity index (χ0v) is 69.8. The number of para-hydroxylation sites is 6. The Labute approximate surface area is 727 Å². The maximum absolute atomic E-state index is 14.8. The highest BCUT2D eigenvalue weighted by atomic mass is 35.5. The van der Waals surface area contributed by atoms with Gasteiger partial charge in [0.15, 0.2) is 23.3 Å². The van der Waals surface area contributed by atoms with Crippen molar-refractivity contribution in [1.29, 1.82) is 0 Å². The van der Waals surface area contributed by atoms with Gasteiger partial charge < -0.3 is 40.2 Å². The van der Waals surface area contributed by atoms with Gasteiger partial charge in [-0.2, -0.15) is 20.4 Å². The molecule has 12 aromatic heterocycles. The summed E-state index contributed by atoms with van der Waals surface area (Å²) in [5.41, 5.74) is 7.35. The number of anilines is 8. The van der Waals surface area contributed by atoms with E-state index in [2.05, 4.69) is 120 Å².